The molecule has 120 valence electrons. The topological polar surface area (TPSA) is 62.5 Å². The number of pyridine rings is 1. The number of hydrogen-bond donors (Lipinski definition) is 1. The highest BCUT2D eigenvalue weighted by atomic mass is 79.9. The highest BCUT2D eigenvalue weighted by molar-refractivity contribution is 9.10. The number of nitrogens with two attached hydrogens (primary N) is 1. The number of carbonyl (C=O) groups is 1. The summed E-state index contributed by atoms with van der Waals surface area (Å²) in [7, 11) is 0. The molecule has 1 aliphatic carbocycles. The molecule has 1 amide bonds. The maximum atomic E-state index is 12.6. The monoisotopic (exact) mass is 366 g/mol. The first-order chi connectivity index (χ1) is 10.6. The van der Waals surface area contributed by atoms with E-state index in [1.54, 1.807) is 0 Å². The van der Waals surface area contributed by atoms with Crippen molar-refractivity contribution < 1.29 is 4.79 Å². The molecule has 1 aliphatic heterocycles. The molecule has 1 saturated carbocycles. The van der Waals surface area contributed by atoms with E-state index >= 15 is 0 Å². The fourth-order valence-corrected chi connectivity index (χ4v) is 3.66. The summed E-state index contributed by atoms with van der Waals surface area (Å²) < 4.78 is 0.985. The summed E-state index contributed by atoms with van der Waals surface area (Å²) in [4.78, 5) is 21.3. The lowest BCUT2D eigenvalue weighted by atomic mass is 9.85. The van der Waals surface area contributed by atoms with Crippen molar-refractivity contribution in [3.8, 4) is 0 Å². The molecule has 6 heteroatoms. The zero-order valence-corrected chi connectivity index (χ0v) is 14.3. The first kappa shape index (κ1) is 15.7. The van der Waals surface area contributed by atoms with Crippen LogP contribution in [0, 0.1) is 5.92 Å². The SMILES string of the molecule is N[C@H]1CCC[C@@H](C(=O)N2CCN(c3ccc(Br)cn3)CC2)C1. The van der Waals surface area contributed by atoms with Gasteiger partial charge in [0.2, 0.25) is 5.91 Å². The van der Waals surface area contributed by atoms with Crippen LogP contribution in [-0.2, 0) is 4.79 Å². The quantitative estimate of drug-likeness (QED) is 0.869. The van der Waals surface area contributed by atoms with Crippen molar-refractivity contribution in [2.45, 2.75) is 31.7 Å². The van der Waals surface area contributed by atoms with E-state index in [0.29, 0.717) is 5.91 Å². The minimum atomic E-state index is 0.140. The summed E-state index contributed by atoms with van der Waals surface area (Å²) in [6, 6.07) is 4.22. The Labute approximate surface area is 140 Å². The molecule has 5 nitrogen and oxygen atoms in total. The number of nitrogens with zero attached hydrogens (tertiary/aromatic N) is 3. The van der Waals surface area contributed by atoms with Crippen molar-refractivity contribution in [3.63, 3.8) is 0 Å². The Morgan fingerprint density at radius 3 is 2.64 bits per heavy atom. The zero-order valence-electron chi connectivity index (χ0n) is 12.7. The summed E-state index contributed by atoms with van der Waals surface area (Å²) in [5.74, 6) is 1.43. The van der Waals surface area contributed by atoms with Gasteiger partial charge < -0.3 is 15.5 Å². The van der Waals surface area contributed by atoms with E-state index in [1.807, 2.05) is 23.2 Å². The van der Waals surface area contributed by atoms with Gasteiger partial charge in [0.05, 0.1) is 0 Å². The van der Waals surface area contributed by atoms with Crippen molar-refractivity contribution in [2.24, 2.45) is 11.7 Å². The third kappa shape index (κ3) is 3.60. The van der Waals surface area contributed by atoms with Crippen LogP contribution in [0.4, 0.5) is 5.82 Å². The lowest BCUT2D eigenvalue weighted by molar-refractivity contribution is -0.137. The highest BCUT2D eigenvalue weighted by Gasteiger charge is 2.30. The molecular weight excluding hydrogens is 344 g/mol. The molecular formula is C16H23BrN4O. The van der Waals surface area contributed by atoms with Gasteiger partial charge in [-0.3, -0.25) is 4.79 Å². The Kier molecular flexibility index (Phi) is 4.98. The number of halogens is 1. The number of hydrogen-bond acceptors (Lipinski definition) is 4. The average Bonchev–Trinajstić information content (AvgIpc) is 2.55. The lowest BCUT2D eigenvalue weighted by Crippen LogP contribution is -2.51. The Morgan fingerprint density at radius 2 is 2.00 bits per heavy atom. The van der Waals surface area contributed by atoms with Gasteiger partial charge in [0.1, 0.15) is 5.82 Å². The Morgan fingerprint density at radius 1 is 1.23 bits per heavy atom. The molecule has 0 bridgehead atoms. The molecule has 2 aliphatic rings. The molecule has 0 radical (unpaired) electrons. The Balaban J connectivity index is 1.55. The minimum absolute atomic E-state index is 0.140. The van der Waals surface area contributed by atoms with Crippen LogP contribution in [-0.4, -0.2) is 48.0 Å². The molecule has 0 unspecified atom stereocenters. The molecule has 2 fully saturated rings. The number of piperazine rings is 1. The van der Waals surface area contributed by atoms with Gasteiger partial charge in [0.25, 0.3) is 0 Å². The van der Waals surface area contributed by atoms with E-state index in [9.17, 15) is 4.79 Å². The van der Waals surface area contributed by atoms with Crippen LogP contribution in [0.5, 0.6) is 0 Å². The van der Waals surface area contributed by atoms with Gasteiger partial charge in [-0.1, -0.05) is 6.42 Å². The van der Waals surface area contributed by atoms with Crippen LogP contribution in [0.15, 0.2) is 22.8 Å². The molecule has 1 aromatic heterocycles. The Hall–Kier alpha value is -1.14. The van der Waals surface area contributed by atoms with Crippen LogP contribution < -0.4 is 10.6 Å². The maximum absolute atomic E-state index is 12.6. The second kappa shape index (κ2) is 6.96. The Bertz CT molecular complexity index is 513. The van der Waals surface area contributed by atoms with Gasteiger partial charge in [-0.2, -0.15) is 0 Å². The first-order valence-electron chi connectivity index (χ1n) is 8.04. The summed E-state index contributed by atoms with van der Waals surface area (Å²) in [6.45, 7) is 3.25. The summed E-state index contributed by atoms with van der Waals surface area (Å²) in [6.07, 6.45) is 5.82. The lowest BCUT2D eigenvalue weighted by Gasteiger charge is -2.38. The van der Waals surface area contributed by atoms with Gasteiger partial charge in [-0.05, 0) is 47.3 Å². The predicted molar refractivity (Wildman–Crippen MR) is 90.7 cm³/mol. The van der Waals surface area contributed by atoms with E-state index in [0.717, 1.165) is 62.2 Å². The molecule has 2 atom stereocenters. The largest absolute Gasteiger partial charge is 0.353 e. The smallest absolute Gasteiger partial charge is 0.225 e. The number of carbonyl (C=O) groups excluding carboxylic acids is 1. The normalized spacial score (nSPS) is 26.1. The minimum Gasteiger partial charge on any atom is -0.353 e. The van der Waals surface area contributed by atoms with E-state index in [4.69, 9.17) is 5.73 Å². The van der Waals surface area contributed by atoms with Gasteiger partial charge in [0.15, 0.2) is 0 Å². The van der Waals surface area contributed by atoms with Crippen molar-refractivity contribution in [3.05, 3.63) is 22.8 Å². The molecule has 22 heavy (non-hydrogen) atoms. The van der Waals surface area contributed by atoms with E-state index in [2.05, 4.69) is 25.8 Å². The summed E-state index contributed by atoms with van der Waals surface area (Å²) >= 11 is 3.40. The molecule has 2 N–H and O–H groups in total. The van der Waals surface area contributed by atoms with Crippen LogP contribution in [0.3, 0.4) is 0 Å². The number of aromatic nitrogens is 1. The van der Waals surface area contributed by atoms with Gasteiger partial charge in [0, 0.05) is 48.8 Å². The van der Waals surface area contributed by atoms with Gasteiger partial charge >= 0.3 is 0 Å². The van der Waals surface area contributed by atoms with Gasteiger partial charge in [-0.25, -0.2) is 4.98 Å². The number of anilines is 1. The van der Waals surface area contributed by atoms with Gasteiger partial charge in [-0.15, -0.1) is 0 Å². The fourth-order valence-electron chi connectivity index (χ4n) is 3.42. The van der Waals surface area contributed by atoms with Crippen LogP contribution in [0.1, 0.15) is 25.7 Å². The molecule has 0 spiro atoms. The first-order valence-corrected chi connectivity index (χ1v) is 8.83. The van der Waals surface area contributed by atoms with Crippen molar-refractivity contribution in [1.29, 1.82) is 0 Å². The second-order valence-corrected chi connectivity index (χ2v) is 7.19. The standard InChI is InChI=1S/C16H23BrN4O/c17-13-4-5-15(19-11-13)20-6-8-21(9-7-20)16(22)12-2-1-3-14(18)10-12/h4-5,11-12,14H,1-3,6-10,18H2/t12-,14+/m1/s1. The number of amides is 1. The molecule has 1 aromatic rings. The van der Waals surface area contributed by atoms with Crippen molar-refractivity contribution in [1.82, 2.24) is 9.88 Å². The molecule has 0 aromatic carbocycles. The third-order valence-electron chi connectivity index (χ3n) is 4.69. The maximum Gasteiger partial charge on any atom is 0.225 e. The second-order valence-electron chi connectivity index (χ2n) is 6.27. The van der Waals surface area contributed by atoms with E-state index in [-0.39, 0.29) is 12.0 Å². The van der Waals surface area contributed by atoms with Crippen LogP contribution >= 0.6 is 15.9 Å². The zero-order chi connectivity index (χ0) is 15.5. The van der Waals surface area contributed by atoms with E-state index < -0.39 is 0 Å². The van der Waals surface area contributed by atoms with Crippen LogP contribution in [0.25, 0.3) is 0 Å². The van der Waals surface area contributed by atoms with Crippen molar-refractivity contribution in [2.75, 3.05) is 31.1 Å². The van der Waals surface area contributed by atoms with Crippen LogP contribution in [0.2, 0.25) is 0 Å². The molecule has 3 rings (SSSR count). The van der Waals surface area contributed by atoms with Crippen molar-refractivity contribution >= 4 is 27.7 Å². The average molecular weight is 367 g/mol. The third-order valence-corrected chi connectivity index (χ3v) is 5.16. The summed E-state index contributed by atoms with van der Waals surface area (Å²) in [5.41, 5.74) is 6.01. The predicted octanol–water partition coefficient (Wildman–Crippen LogP) is 2.01. The highest BCUT2D eigenvalue weighted by Crippen LogP contribution is 2.26. The van der Waals surface area contributed by atoms with E-state index in [1.165, 1.54) is 0 Å². The molecule has 1 saturated heterocycles. The summed E-state index contributed by atoms with van der Waals surface area (Å²) in [5, 5.41) is 0. The fraction of sp³-hybridized carbons (Fsp3) is 0.625. The number of rotatable bonds is 2. The molecule has 2 heterocycles.